The highest BCUT2D eigenvalue weighted by Gasteiger charge is 2.15. The van der Waals surface area contributed by atoms with E-state index in [-0.39, 0.29) is 5.75 Å². The fourth-order valence-electron chi connectivity index (χ4n) is 3.00. The molecule has 1 heterocycles. The van der Waals surface area contributed by atoms with E-state index in [1.54, 1.807) is 19.1 Å². The Bertz CT molecular complexity index is 1040. The number of rotatable bonds is 6. The second-order valence-electron chi connectivity index (χ2n) is 6.02. The van der Waals surface area contributed by atoms with Crippen molar-refractivity contribution in [3.63, 3.8) is 0 Å². The third-order valence-corrected chi connectivity index (χ3v) is 5.64. The summed E-state index contributed by atoms with van der Waals surface area (Å²) in [7, 11) is -1.34. The maximum atomic E-state index is 11.7. The molecule has 0 aliphatic rings. The number of nitrogen functional groups attached to an aromatic ring is 1. The molecule has 0 spiro atoms. The molecule has 0 aliphatic carbocycles. The highest BCUT2D eigenvalue weighted by Crippen LogP contribution is 2.37. The van der Waals surface area contributed by atoms with E-state index in [9.17, 15) is 8.42 Å². The quantitative estimate of drug-likeness (QED) is 0.691. The lowest BCUT2D eigenvalue weighted by atomic mass is 10.1. The Balaban J connectivity index is 2.02. The Hall–Kier alpha value is -2.67. The molecular weight excluding hydrogens is 350 g/mol. The minimum absolute atomic E-state index is 0.0348. The second kappa shape index (κ2) is 6.92. The van der Waals surface area contributed by atoms with Gasteiger partial charge in [0, 0.05) is 29.8 Å². The smallest absolute Gasteiger partial charge is 0.232 e. The summed E-state index contributed by atoms with van der Waals surface area (Å²) in [6.45, 7) is 4.15. The number of sulfonamides is 1. The van der Waals surface area contributed by atoms with Crippen LogP contribution in [0.4, 0.5) is 11.4 Å². The van der Waals surface area contributed by atoms with Crippen LogP contribution in [0.5, 0.6) is 5.75 Å². The van der Waals surface area contributed by atoms with Crippen molar-refractivity contribution in [2.75, 3.05) is 22.8 Å². The van der Waals surface area contributed by atoms with Gasteiger partial charge in [0.1, 0.15) is 5.75 Å². The number of fused-ring (bicyclic) bond motifs is 1. The molecular formula is C19H23N3O3S. The van der Waals surface area contributed by atoms with Crippen molar-refractivity contribution >= 4 is 32.3 Å². The first kappa shape index (κ1) is 18.1. The van der Waals surface area contributed by atoms with Crippen LogP contribution in [0.1, 0.15) is 13.8 Å². The Morgan fingerprint density at radius 2 is 1.81 bits per heavy atom. The molecule has 0 amide bonds. The molecule has 1 aromatic heterocycles. The molecule has 7 heteroatoms. The van der Waals surface area contributed by atoms with E-state index in [1.807, 2.05) is 48.9 Å². The van der Waals surface area contributed by atoms with Crippen molar-refractivity contribution in [3.8, 4) is 17.0 Å². The third kappa shape index (κ3) is 3.35. The highest BCUT2D eigenvalue weighted by molar-refractivity contribution is 7.92. The molecule has 6 nitrogen and oxygen atoms in total. The summed E-state index contributed by atoms with van der Waals surface area (Å²) in [6.07, 6.45) is 0. The summed E-state index contributed by atoms with van der Waals surface area (Å²) in [4.78, 5) is 0. The zero-order chi connectivity index (χ0) is 18.9. The van der Waals surface area contributed by atoms with E-state index >= 15 is 0 Å². The molecule has 0 saturated carbocycles. The maximum Gasteiger partial charge on any atom is 0.232 e. The van der Waals surface area contributed by atoms with Crippen molar-refractivity contribution in [1.29, 1.82) is 0 Å². The number of ether oxygens (including phenoxy) is 1. The van der Waals surface area contributed by atoms with Gasteiger partial charge in [-0.05, 0) is 38.1 Å². The number of nitrogens with two attached hydrogens (primary N) is 1. The van der Waals surface area contributed by atoms with Gasteiger partial charge in [-0.25, -0.2) is 8.42 Å². The summed E-state index contributed by atoms with van der Waals surface area (Å²) in [5.74, 6) is 0.837. The standard InChI is InChI=1S/C19H23N3O3S/c1-4-25-15-10-11-16-17(12-15)22(3)19(18(16)20)13-6-8-14(9-7-13)21-26(23,24)5-2/h6-12,21H,4-5,20H2,1-3H3. The molecule has 3 N–H and O–H groups in total. The summed E-state index contributed by atoms with van der Waals surface area (Å²) in [5.41, 5.74) is 10.4. The topological polar surface area (TPSA) is 86.3 Å². The molecule has 0 radical (unpaired) electrons. The van der Waals surface area contributed by atoms with Gasteiger partial charge in [-0.1, -0.05) is 12.1 Å². The van der Waals surface area contributed by atoms with Gasteiger partial charge in [0.15, 0.2) is 0 Å². The molecule has 0 unspecified atom stereocenters. The predicted octanol–water partition coefficient (Wildman–Crippen LogP) is 3.59. The van der Waals surface area contributed by atoms with Crippen LogP contribution in [0.2, 0.25) is 0 Å². The molecule has 0 bridgehead atoms. The van der Waals surface area contributed by atoms with Crippen molar-refractivity contribution in [2.24, 2.45) is 7.05 Å². The minimum atomic E-state index is -3.29. The van der Waals surface area contributed by atoms with Crippen LogP contribution in [0.25, 0.3) is 22.2 Å². The van der Waals surface area contributed by atoms with E-state index in [4.69, 9.17) is 10.5 Å². The van der Waals surface area contributed by atoms with Crippen LogP contribution in [0.3, 0.4) is 0 Å². The van der Waals surface area contributed by atoms with Crippen molar-refractivity contribution < 1.29 is 13.2 Å². The Morgan fingerprint density at radius 1 is 1.12 bits per heavy atom. The first-order valence-corrected chi connectivity index (χ1v) is 10.1. The highest BCUT2D eigenvalue weighted by atomic mass is 32.2. The average molecular weight is 373 g/mol. The predicted molar refractivity (Wildman–Crippen MR) is 107 cm³/mol. The van der Waals surface area contributed by atoms with E-state index in [0.29, 0.717) is 18.0 Å². The summed E-state index contributed by atoms with van der Waals surface area (Å²) in [6, 6.07) is 13.1. The van der Waals surface area contributed by atoms with Crippen LogP contribution in [-0.4, -0.2) is 25.3 Å². The van der Waals surface area contributed by atoms with Crippen LogP contribution < -0.4 is 15.2 Å². The lowest BCUT2D eigenvalue weighted by molar-refractivity contribution is 0.340. The van der Waals surface area contributed by atoms with Crippen molar-refractivity contribution in [2.45, 2.75) is 13.8 Å². The number of hydrogen-bond donors (Lipinski definition) is 2. The largest absolute Gasteiger partial charge is 0.494 e. The lowest BCUT2D eigenvalue weighted by Gasteiger charge is -2.09. The molecule has 3 rings (SSSR count). The molecule has 3 aromatic rings. The van der Waals surface area contributed by atoms with Crippen LogP contribution in [0, 0.1) is 0 Å². The number of aryl methyl sites for hydroxylation is 1. The van der Waals surface area contributed by atoms with Gasteiger partial charge >= 0.3 is 0 Å². The maximum absolute atomic E-state index is 11.7. The normalized spacial score (nSPS) is 11.7. The average Bonchev–Trinajstić information content (AvgIpc) is 2.86. The second-order valence-corrected chi connectivity index (χ2v) is 8.03. The molecule has 0 aliphatic heterocycles. The summed E-state index contributed by atoms with van der Waals surface area (Å²) < 4.78 is 33.5. The zero-order valence-electron chi connectivity index (χ0n) is 15.1. The molecule has 0 atom stereocenters. The number of aromatic nitrogens is 1. The van der Waals surface area contributed by atoms with Gasteiger partial charge in [0.25, 0.3) is 0 Å². The van der Waals surface area contributed by atoms with E-state index in [0.717, 1.165) is 27.9 Å². The first-order chi connectivity index (χ1) is 12.4. The van der Waals surface area contributed by atoms with Gasteiger partial charge in [0.05, 0.1) is 29.3 Å². The summed E-state index contributed by atoms with van der Waals surface area (Å²) in [5, 5.41) is 0.960. The lowest BCUT2D eigenvalue weighted by Crippen LogP contribution is -2.14. The van der Waals surface area contributed by atoms with Crippen LogP contribution in [0.15, 0.2) is 42.5 Å². The number of benzene rings is 2. The van der Waals surface area contributed by atoms with E-state index < -0.39 is 10.0 Å². The van der Waals surface area contributed by atoms with Crippen molar-refractivity contribution in [1.82, 2.24) is 4.57 Å². The number of anilines is 2. The molecule has 0 fully saturated rings. The number of nitrogens with zero attached hydrogens (tertiary/aromatic N) is 1. The monoisotopic (exact) mass is 373 g/mol. The SMILES string of the molecule is CCOc1ccc2c(N)c(-c3ccc(NS(=O)(=O)CC)cc3)n(C)c2c1. The number of hydrogen-bond acceptors (Lipinski definition) is 4. The molecule has 138 valence electrons. The van der Waals surface area contributed by atoms with Gasteiger partial charge in [-0.15, -0.1) is 0 Å². The minimum Gasteiger partial charge on any atom is -0.494 e. The summed E-state index contributed by atoms with van der Waals surface area (Å²) >= 11 is 0. The Morgan fingerprint density at radius 3 is 2.42 bits per heavy atom. The molecule has 0 saturated heterocycles. The fraction of sp³-hybridized carbons (Fsp3) is 0.263. The zero-order valence-corrected chi connectivity index (χ0v) is 15.9. The third-order valence-electron chi connectivity index (χ3n) is 4.33. The number of nitrogens with one attached hydrogen (secondary N) is 1. The fourth-order valence-corrected chi connectivity index (χ4v) is 3.64. The van der Waals surface area contributed by atoms with Gasteiger partial charge < -0.3 is 15.0 Å². The van der Waals surface area contributed by atoms with Crippen molar-refractivity contribution in [3.05, 3.63) is 42.5 Å². The van der Waals surface area contributed by atoms with E-state index in [2.05, 4.69) is 4.72 Å². The van der Waals surface area contributed by atoms with Gasteiger partial charge in [0.2, 0.25) is 10.0 Å². The molecule has 2 aromatic carbocycles. The molecule has 26 heavy (non-hydrogen) atoms. The van der Waals surface area contributed by atoms with E-state index in [1.165, 1.54) is 0 Å². The van der Waals surface area contributed by atoms with Crippen LogP contribution >= 0.6 is 0 Å². The van der Waals surface area contributed by atoms with Crippen LogP contribution in [-0.2, 0) is 17.1 Å². The Kier molecular flexibility index (Phi) is 4.82. The first-order valence-electron chi connectivity index (χ1n) is 8.48. The van der Waals surface area contributed by atoms with Gasteiger partial charge in [-0.2, -0.15) is 0 Å². The van der Waals surface area contributed by atoms with Gasteiger partial charge in [-0.3, -0.25) is 4.72 Å². The Labute approximate surface area is 153 Å².